The monoisotopic (exact) mass is 444 g/mol. The minimum atomic E-state index is -3.81. The highest BCUT2D eigenvalue weighted by atomic mass is 32.2. The summed E-state index contributed by atoms with van der Waals surface area (Å²) in [5.41, 5.74) is 7.36. The van der Waals surface area contributed by atoms with Crippen LogP contribution in [0.25, 0.3) is 0 Å². The summed E-state index contributed by atoms with van der Waals surface area (Å²) in [7, 11) is -3.81. The van der Waals surface area contributed by atoms with E-state index in [-0.39, 0.29) is 29.8 Å². The topological polar surface area (TPSA) is 106 Å². The molecule has 3 heterocycles. The first-order valence-electron chi connectivity index (χ1n) is 10.5. The number of pyridine rings is 1. The first kappa shape index (κ1) is 21.9. The van der Waals surface area contributed by atoms with Crippen LogP contribution < -0.4 is 5.73 Å². The summed E-state index contributed by atoms with van der Waals surface area (Å²) in [6, 6.07) is 11.4. The van der Waals surface area contributed by atoms with Crippen molar-refractivity contribution >= 4 is 15.9 Å². The zero-order valence-electron chi connectivity index (χ0n) is 17.4. The van der Waals surface area contributed by atoms with Crippen LogP contribution in [0.1, 0.15) is 23.5 Å². The molecule has 8 nitrogen and oxygen atoms in total. The molecule has 2 saturated heterocycles. The molecule has 1 aromatic carbocycles. The molecule has 0 radical (unpaired) electrons. The summed E-state index contributed by atoms with van der Waals surface area (Å²) in [5.74, 6) is -0.471. The van der Waals surface area contributed by atoms with Gasteiger partial charge in [-0.25, -0.2) is 8.42 Å². The van der Waals surface area contributed by atoms with E-state index >= 15 is 0 Å². The SMILES string of the molecule is NCc1cncc(S(=O)(=O)N2CC(C(=O)N3CCOCC3)CC(c3ccccc3)C2)c1. The maximum absolute atomic E-state index is 13.5. The first-order chi connectivity index (χ1) is 15.0. The zero-order valence-corrected chi connectivity index (χ0v) is 18.2. The fourth-order valence-corrected chi connectivity index (χ4v) is 5.85. The van der Waals surface area contributed by atoms with Crippen molar-refractivity contribution in [3.63, 3.8) is 0 Å². The van der Waals surface area contributed by atoms with Gasteiger partial charge in [0.1, 0.15) is 4.90 Å². The molecule has 2 fully saturated rings. The molecule has 9 heteroatoms. The van der Waals surface area contributed by atoms with Gasteiger partial charge in [0, 0.05) is 45.1 Å². The van der Waals surface area contributed by atoms with E-state index in [1.54, 1.807) is 17.2 Å². The molecule has 1 amide bonds. The van der Waals surface area contributed by atoms with Gasteiger partial charge in [0.15, 0.2) is 0 Å². The number of aromatic nitrogens is 1. The van der Waals surface area contributed by atoms with E-state index in [1.165, 1.54) is 10.5 Å². The Hall–Kier alpha value is -2.33. The average molecular weight is 445 g/mol. The predicted octanol–water partition coefficient (Wildman–Crippen LogP) is 1.19. The Bertz CT molecular complexity index is 1010. The maximum atomic E-state index is 13.5. The third-order valence-electron chi connectivity index (χ3n) is 6.00. The molecule has 0 aliphatic carbocycles. The average Bonchev–Trinajstić information content (AvgIpc) is 2.84. The van der Waals surface area contributed by atoms with Crippen molar-refractivity contribution in [2.45, 2.75) is 23.8 Å². The number of hydrogen-bond donors (Lipinski definition) is 1. The second-order valence-corrected chi connectivity index (χ2v) is 9.97. The van der Waals surface area contributed by atoms with Gasteiger partial charge in [0.25, 0.3) is 0 Å². The second kappa shape index (κ2) is 9.44. The Morgan fingerprint density at radius 1 is 1.13 bits per heavy atom. The lowest BCUT2D eigenvalue weighted by molar-refractivity contribution is -0.141. The summed E-state index contributed by atoms with van der Waals surface area (Å²) < 4.78 is 33.8. The minimum absolute atomic E-state index is 0.00188. The molecular formula is C22H28N4O4S. The highest BCUT2D eigenvalue weighted by molar-refractivity contribution is 7.89. The van der Waals surface area contributed by atoms with Gasteiger partial charge in [0.2, 0.25) is 15.9 Å². The molecule has 2 aromatic rings. The first-order valence-corrected chi connectivity index (χ1v) is 12.0. The molecule has 4 rings (SSSR count). The van der Waals surface area contributed by atoms with Crippen LogP contribution in [0.5, 0.6) is 0 Å². The van der Waals surface area contributed by atoms with Crippen molar-refractivity contribution < 1.29 is 17.9 Å². The number of morpholine rings is 1. The lowest BCUT2D eigenvalue weighted by Crippen LogP contribution is -2.51. The number of sulfonamides is 1. The molecule has 2 aliphatic heterocycles. The number of nitrogens with zero attached hydrogens (tertiary/aromatic N) is 3. The van der Waals surface area contributed by atoms with Gasteiger partial charge in [-0.2, -0.15) is 4.31 Å². The normalized spacial score (nSPS) is 22.9. The van der Waals surface area contributed by atoms with Crippen LogP contribution >= 0.6 is 0 Å². The van der Waals surface area contributed by atoms with Crippen LogP contribution in [-0.4, -0.2) is 67.9 Å². The van der Waals surface area contributed by atoms with Crippen LogP contribution in [-0.2, 0) is 26.1 Å². The molecule has 2 aliphatic rings. The van der Waals surface area contributed by atoms with E-state index < -0.39 is 15.9 Å². The van der Waals surface area contributed by atoms with Crippen molar-refractivity contribution in [2.24, 2.45) is 11.7 Å². The largest absolute Gasteiger partial charge is 0.378 e. The lowest BCUT2D eigenvalue weighted by atomic mass is 9.85. The molecule has 31 heavy (non-hydrogen) atoms. The predicted molar refractivity (Wildman–Crippen MR) is 116 cm³/mol. The van der Waals surface area contributed by atoms with Gasteiger partial charge in [-0.15, -0.1) is 0 Å². The molecule has 1 aromatic heterocycles. The third-order valence-corrected chi connectivity index (χ3v) is 7.80. The number of amides is 1. The molecule has 2 N–H and O–H groups in total. The number of nitrogens with two attached hydrogens (primary N) is 1. The lowest BCUT2D eigenvalue weighted by Gasteiger charge is -2.39. The van der Waals surface area contributed by atoms with E-state index in [2.05, 4.69) is 4.98 Å². The number of piperidine rings is 1. The van der Waals surface area contributed by atoms with Crippen molar-refractivity contribution in [1.29, 1.82) is 0 Å². The Morgan fingerprint density at radius 2 is 1.87 bits per heavy atom. The van der Waals surface area contributed by atoms with E-state index in [0.717, 1.165) is 5.56 Å². The van der Waals surface area contributed by atoms with Crippen LogP contribution in [0.2, 0.25) is 0 Å². The summed E-state index contributed by atoms with van der Waals surface area (Å²) >= 11 is 0. The van der Waals surface area contributed by atoms with Crippen LogP contribution in [0.3, 0.4) is 0 Å². The summed E-state index contributed by atoms with van der Waals surface area (Å²) in [6.07, 6.45) is 3.53. The number of carbonyl (C=O) groups excluding carboxylic acids is 1. The standard InChI is InChI=1S/C22H28N4O4S/c23-12-17-10-21(14-24-13-17)31(28,29)26-15-19(18-4-2-1-3-5-18)11-20(16-26)22(27)25-6-8-30-9-7-25/h1-5,10,13-14,19-20H,6-9,11-12,15-16,23H2. The third kappa shape index (κ3) is 4.79. The highest BCUT2D eigenvalue weighted by Gasteiger charge is 2.40. The van der Waals surface area contributed by atoms with Crippen molar-refractivity contribution in [1.82, 2.24) is 14.2 Å². The fourth-order valence-electron chi connectivity index (χ4n) is 4.31. The maximum Gasteiger partial charge on any atom is 0.244 e. The van der Waals surface area contributed by atoms with Gasteiger partial charge in [-0.1, -0.05) is 30.3 Å². The number of benzene rings is 1. The van der Waals surface area contributed by atoms with E-state index in [4.69, 9.17) is 10.5 Å². The second-order valence-electron chi connectivity index (χ2n) is 8.03. The Kier molecular flexibility index (Phi) is 6.66. The fraction of sp³-hybridized carbons (Fsp3) is 0.455. The molecule has 0 saturated carbocycles. The molecule has 166 valence electrons. The van der Waals surface area contributed by atoms with Gasteiger partial charge < -0.3 is 15.4 Å². The van der Waals surface area contributed by atoms with Gasteiger partial charge in [0.05, 0.1) is 19.1 Å². The quantitative estimate of drug-likeness (QED) is 0.743. The Labute approximate surface area is 183 Å². The van der Waals surface area contributed by atoms with Gasteiger partial charge >= 0.3 is 0 Å². The zero-order chi connectivity index (χ0) is 21.8. The van der Waals surface area contributed by atoms with Crippen molar-refractivity contribution in [2.75, 3.05) is 39.4 Å². The van der Waals surface area contributed by atoms with E-state index in [1.807, 2.05) is 30.3 Å². The van der Waals surface area contributed by atoms with E-state index in [9.17, 15) is 13.2 Å². The number of ether oxygens (including phenoxy) is 1. The minimum Gasteiger partial charge on any atom is -0.378 e. The van der Waals surface area contributed by atoms with Crippen LogP contribution in [0, 0.1) is 5.92 Å². The number of hydrogen-bond acceptors (Lipinski definition) is 6. The summed E-state index contributed by atoms with van der Waals surface area (Å²) in [4.78, 5) is 19.2. The Balaban J connectivity index is 1.64. The highest BCUT2D eigenvalue weighted by Crippen LogP contribution is 2.34. The molecule has 2 unspecified atom stereocenters. The van der Waals surface area contributed by atoms with Crippen LogP contribution in [0.15, 0.2) is 53.7 Å². The van der Waals surface area contributed by atoms with Crippen molar-refractivity contribution in [3.8, 4) is 0 Å². The molecule has 0 bridgehead atoms. The summed E-state index contributed by atoms with van der Waals surface area (Å²) in [5, 5.41) is 0. The van der Waals surface area contributed by atoms with Gasteiger partial charge in [-0.05, 0) is 29.5 Å². The molecule has 2 atom stereocenters. The smallest absolute Gasteiger partial charge is 0.244 e. The molecular weight excluding hydrogens is 416 g/mol. The van der Waals surface area contributed by atoms with Crippen LogP contribution in [0.4, 0.5) is 0 Å². The van der Waals surface area contributed by atoms with Crippen molar-refractivity contribution in [3.05, 3.63) is 59.9 Å². The number of rotatable bonds is 5. The number of carbonyl (C=O) groups is 1. The van der Waals surface area contributed by atoms with E-state index in [0.29, 0.717) is 44.8 Å². The van der Waals surface area contributed by atoms with Gasteiger partial charge in [-0.3, -0.25) is 9.78 Å². The molecule has 0 spiro atoms. The summed E-state index contributed by atoms with van der Waals surface area (Å²) in [6.45, 7) is 2.81. The Morgan fingerprint density at radius 3 is 2.58 bits per heavy atom.